The molecule has 0 bridgehead atoms. The number of sulfonamides is 1. The Morgan fingerprint density at radius 1 is 1.17 bits per heavy atom. The van der Waals surface area contributed by atoms with Gasteiger partial charge in [0.25, 0.3) is 5.91 Å². The molecule has 9 nitrogen and oxygen atoms in total. The van der Waals surface area contributed by atoms with Gasteiger partial charge in [0, 0.05) is 24.2 Å². The van der Waals surface area contributed by atoms with Crippen molar-refractivity contribution < 1.29 is 31.1 Å². The first-order valence-corrected chi connectivity index (χ1v) is 14.7. The molecule has 5 rings (SSSR count). The maximum absolute atomic E-state index is 13.7. The standard InChI is InChI=1S/C24H24FN3O6S2/c1-35(31,32)27-16-9-10-18-21(11-16)36(33,34)13-19(26-18)22-23(29)17-3-2-4-20(17)28(24(22)30)12-14-5-7-15(25)8-6-14/h5-11,13,17,20,26-27,29H,2-4,12H2,1H3/t17-,20+/m1/s1. The van der Waals surface area contributed by atoms with Crippen molar-refractivity contribution in [3.8, 4) is 0 Å². The van der Waals surface area contributed by atoms with E-state index in [1.54, 1.807) is 17.0 Å². The monoisotopic (exact) mass is 533 g/mol. The van der Waals surface area contributed by atoms with Crippen LogP contribution < -0.4 is 10.0 Å². The lowest BCUT2D eigenvalue weighted by molar-refractivity contribution is -0.132. The first-order valence-electron chi connectivity index (χ1n) is 11.3. The van der Waals surface area contributed by atoms with Crippen LogP contribution in [0.1, 0.15) is 24.8 Å². The van der Waals surface area contributed by atoms with Crippen molar-refractivity contribution in [1.29, 1.82) is 0 Å². The molecule has 0 spiro atoms. The maximum atomic E-state index is 13.7. The van der Waals surface area contributed by atoms with Crippen LogP contribution in [0.5, 0.6) is 0 Å². The lowest BCUT2D eigenvalue weighted by Crippen LogP contribution is -2.48. The number of amides is 1. The summed E-state index contributed by atoms with van der Waals surface area (Å²) in [7, 11) is -7.70. The number of nitrogens with zero attached hydrogens (tertiary/aromatic N) is 1. The SMILES string of the molecule is CS(=O)(=O)Nc1ccc2c(c1)S(=O)(=O)C=C(C1=C(O)[C@@H]3CCC[C@@H]3N(Cc3ccc(F)cc3)C1=O)N2. The molecule has 1 saturated carbocycles. The van der Waals surface area contributed by atoms with E-state index < -0.39 is 31.6 Å². The second-order valence-electron chi connectivity index (χ2n) is 9.21. The number of fused-ring (bicyclic) bond motifs is 2. The number of carbonyl (C=O) groups excluding carboxylic acids is 1. The number of aliphatic hydroxyl groups is 1. The molecule has 0 unspecified atom stereocenters. The number of carbonyl (C=O) groups is 1. The van der Waals surface area contributed by atoms with E-state index in [9.17, 15) is 31.1 Å². The fraction of sp³-hybridized carbons (Fsp3) is 0.292. The van der Waals surface area contributed by atoms with Crippen LogP contribution in [0, 0.1) is 11.7 Å². The highest BCUT2D eigenvalue weighted by Gasteiger charge is 2.46. The van der Waals surface area contributed by atoms with Gasteiger partial charge < -0.3 is 15.3 Å². The summed E-state index contributed by atoms with van der Waals surface area (Å²) in [5.74, 6) is -1.40. The van der Waals surface area contributed by atoms with Crippen molar-refractivity contribution >= 4 is 37.1 Å². The average molecular weight is 534 g/mol. The third-order valence-corrected chi connectivity index (χ3v) is 8.73. The van der Waals surface area contributed by atoms with E-state index in [2.05, 4.69) is 10.0 Å². The first-order chi connectivity index (χ1) is 16.9. The van der Waals surface area contributed by atoms with Crippen molar-refractivity contribution in [3.63, 3.8) is 0 Å². The molecule has 190 valence electrons. The largest absolute Gasteiger partial charge is 0.511 e. The van der Waals surface area contributed by atoms with E-state index in [1.165, 1.54) is 30.3 Å². The predicted octanol–water partition coefficient (Wildman–Crippen LogP) is 3.26. The van der Waals surface area contributed by atoms with Crippen LogP contribution in [0.25, 0.3) is 0 Å². The van der Waals surface area contributed by atoms with Crippen molar-refractivity contribution in [3.05, 3.63) is 76.3 Å². The van der Waals surface area contributed by atoms with Crippen LogP contribution in [0.2, 0.25) is 0 Å². The summed E-state index contributed by atoms with van der Waals surface area (Å²) >= 11 is 0. The van der Waals surface area contributed by atoms with Crippen LogP contribution in [0.15, 0.2) is 69.8 Å². The van der Waals surface area contributed by atoms with Gasteiger partial charge in [-0.25, -0.2) is 21.2 Å². The van der Waals surface area contributed by atoms with Crippen LogP contribution in [-0.2, 0) is 31.2 Å². The fourth-order valence-corrected chi connectivity index (χ4v) is 6.99. The zero-order valence-electron chi connectivity index (χ0n) is 19.2. The number of sulfone groups is 1. The molecule has 12 heteroatoms. The van der Waals surface area contributed by atoms with Crippen LogP contribution in [0.3, 0.4) is 0 Å². The van der Waals surface area contributed by atoms with Crippen LogP contribution in [0.4, 0.5) is 15.8 Å². The van der Waals surface area contributed by atoms with E-state index in [1.807, 2.05) is 0 Å². The summed E-state index contributed by atoms with van der Waals surface area (Å²) in [5, 5.41) is 14.9. The molecule has 2 aromatic carbocycles. The summed E-state index contributed by atoms with van der Waals surface area (Å²) in [5.41, 5.74) is 0.772. The Hall–Kier alpha value is -3.38. The van der Waals surface area contributed by atoms with Gasteiger partial charge >= 0.3 is 0 Å². The van der Waals surface area contributed by atoms with Crippen LogP contribution >= 0.6 is 0 Å². The summed E-state index contributed by atoms with van der Waals surface area (Å²) < 4.78 is 65.0. The summed E-state index contributed by atoms with van der Waals surface area (Å²) in [6.45, 7) is 0.189. The van der Waals surface area contributed by atoms with Gasteiger partial charge in [0.2, 0.25) is 19.9 Å². The van der Waals surface area contributed by atoms with Gasteiger partial charge in [0.05, 0.1) is 27.9 Å². The number of rotatable bonds is 5. The zero-order valence-corrected chi connectivity index (χ0v) is 20.9. The minimum Gasteiger partial charge on any atom is -0.511 e. The Morgan fingerprint density at radius 3 is 2.58 bits per heavy atom. The smallest absolute Gasteiger partial charge is 0.259 e. The summed E-state index contributed by atoms with van der Waals surface area (Å²) in [4.78, 5) is 15.1. The molecule has 2 aliphatic heterocycles. The first kappa shape index (κ1) is 24.3. The number of hydrogen-bond acceptors (Lipinski definition) is 7. The van der Waals surface area contributed by atoms with Gasteiger partial charge in [0.1, 0.15) is 17.1 Å². The lowest BCUT2D eigenvalue weighted by atomic mass is 9.89. The van der Waals surface area contributed by atoms with Gasteiger partial charge in [-0.05, 0) is 48.7 Å². The van der Waals surface area contributed by atoms with Gasteiger partial charge in [-0.2, -0.15) is 0 Å². The number of hydrogen-bond donors (Lipinski definition) is 3. The Kier molecular flexibility index (Phi) is 5.83. The molecular formula is C24H24FN3O6S2. The highest BCUT2D eigenvalue weighted by molar-refractivity contribution is 7.94. The van der Waals surface area contributed by atoms with Gasteiger partial charge in [0.15, 0.2) is 0 Å². The Bertz CT molecular complexity index is 1530. The second-order valence-corrected chi connectivity index (χ2v) is 12.7. The highest BCUT2D eigenvalue weighted by Crippen LogP contribution is 2.44. The molecule has 1 aliphatic carbocycles. The number of benzene rings is 2. The molecule has 0 aromatic heterocycles. The molecule has 36 heavy (non-hydrogen) atoms. The minimum atomic E-state index is -4.09. The normalized spacial score (nSPS) is 23.0. The quantitative estimate of drug-likeness (QED) is 0.537. The molecule has 0 saturated heterocycles. The highest BCUT2D eigenvalue weighted by atomic mass is 32.2. The van der Waals surface area contributed by atoms with E-state index in [0.29, 0.717) is 18.4 Å². The van der Waals surface area contributed by atoms with Crippen molar-refractivity contribution in [2.75, 3.05) is 16.3 Å². The Balaban J connectivity index is 1.53. The molecule has 0 radical (unpaired) electrons. The lowest BCUT2D eigenvalue weighted by Gasteiger charge is -2.39. The second kappa shape index (κ2) is 8.63. The van der Waals surface area contributed by atoms with Gasteiger partial charge in [-0.15, -0.1) is 0 Å². The van der Waals surface area contributed by atoms with Gasteiger partial charge in [-0.1, -0.05) is 18.6 Å². The Morgan fingerprint density at radius 2 is 1.89 bits per heavy atom. The van der Waals surface area contributed by atoms with Crippen molar-refractivity contribution in [2.24, 2.45) is 5.92 Å². The van der Waals surface area contributed by atoms with E-state index >= 15 is 0 Å². The molecule has 1 fully saturated rings. The zero-order chi connectivity index (χ0) is 25.8. The van der Waals surface area contributed by atoms with E-state index in [4.69, 9.17) is 0 Å². The van der Waals surface area contributed by atoms with Crippen molar-refractivity contribution in [2.45, 2.75) is 36.7 Å². The summed E-state index contributed by atoms with van der Waals surface area (Å²) in [6.07, 6.45) is 3.09. The van der Waals surface area contributed by atoms with Crippen LogP contribution in [-0.4, -0.2) is 45.0 Å². The third kappa shape index (κ3) is 4.46. The third-order valence-electron chi connectivity index (χ3n) is 6.63. The average Bonchev–Trinajstić information content (AvgIpc) is 3.27. The molecule has 3 aliphatic rings. The molecule has 2 atom stereocenters. The number of halogens is 1. The number of anilines is 2. The fourth-order valence-electron chi connectivity index (χ4n) is 5.10. The summed E-state index contributed by atoms with van der Waals surface area (Å²) in [6, 6.07) is 9.54. The van der Waals surface area contributed by atoms with Crippen molar-refractivity contribution in [1.82, 2.24) is 4.90 Å². The number of nitrogens with one attached hydrogen (secondary N) is 2. The van der Waals surface area contributed by atoms with Gasteiger partial charge in [-0.3, -0.25) is 9.52 Å². The minimum absolute atomic E-state index is 0.0525. The molecule has 2 aromatic rings. The predicted molar refractivity (Wildman–Crippen MR) is 132 cm³/mol. The Labute approximate surface area is 208 Å². The maximum Gasteiger partial charge on any atom is 0.259 e. The molecule has 1 amide bonds. The topological polar surface area (TPSA) is 133 Å². The van der Waals surface area contributed by atoms with E-state index in [-0.39, 0.29) is 51.8 Å². The molecule has 3 N–H and O–H groups in total. The molecular weight excluding hydrogens is 509 g/mol. The number of aliphatic hydroxyl groups excluding tert-OH is 1. The van der Waals surface area contributed by atoms with E-state index in [0.717, 1.165) is 18.1 Å². The molecule has 2 heterocycles.